The molecule has 0 bridgehead atoms. The third-order valence-corrected chi connectivity index (χ3v) is 2.66. The first-order valence-corrected chi connectivity index (χ1v) is 5.26. The summed E-state index contributed by atoms with van der Waals surface area (Å²) < 4.78 is 1.69. The van der Waals surface area contributed by atoms with Gasteiger partial charge in [-0.25, -0.2) is 0 Å². The molecule has 15 heavy (non-hydrogen) atoms. The standard InChI is InChI=1S/C10H15ClN2O2/c1-6(2)13-9(11)8(5-12-13)4-7(3)10(14)15/h5-7H,4H2,1-3H3,(H,14,15). The van der Waals surface area contributed by atoms with Gasteiger partial charge in [0, 0.05) is 11.6 Å². The minimum atomic E-state index is -0.816. The van der Waals surface area contributed by atoms with E-state index in [1.165, 1.54) is 0 Å². The van der Waals surface area contributed by atoms with E-state index in [1.807, 2.05) is 13.8 Å². The van der Waals surface area contributed by atoms with Crippen LogP contribution in [0.2, 0.25) is 5.15 Å². The van der Waals surface area contributed by atoms with Crippen LogP contribution in [0.3, 0.4) is 0 Å². The van der Waals surface area contributed by atoms with Crippen LogP contribution in [-0.4, -0.2) is 20.9 Å². The van der Waals surface area contributed by atoms with Crippen molar-refractivity contribution in [3.63, 3.8) is 0 Å². The van der Waals surface area contributed by atoms with E-state index in [2.05, 4.69) is 5.10 Å². The van der Waals surface area contributed by atoms with Crippen LogP contribution in [0.15, 0.2) is 6.20 Å². The molecule has 0 aromatic carbocycles. The molecule has 0 saturated carbocycles. The number of hydrogen-bond donors (Lipinski definition) is 1. The molecule has 1 rings (SSSR count). The summed E-state index contributed by atoms with van der Waals surface area (Å²) in [5, 5.41) is 13.4. The second-order valence-corrected chi connectivity index (χ2v) is 4.30. The van der Waals surface area contributed by atoms with Crippen molar-refractivity contribution in [2.45, 2.75) is 33.2 Å². The van der Waals surface area contributed by atoms with Crippen LogP contribution in [-0.2, 0) is 11.2 Å². The van der Waals surface area contributed by atoms with E-state index >= 15 is 0 Å². The summed E-state index contributed by atoms with van der Waals surface area (Å²) in [4.78, 5) is 10.7. The zero-order chi connectivity index (χ0) is 11.6. The largest absolute Gasteiger partial charge is 0.481 e. The zero-order valence-corrected chi connectivity index (χ0v) is 9.82. The Morgan fingerprint density at radius 2 is 2.20 bits per heavy atom. The number of carbonyl (C=O) groups is 1. The van der Waals surface area contributed by atoms with Gasteiger partial charge in [0.15, 0.2) is 0 Å². The smallest absolute Gasteiger partial charge is 0.306 e. The Labute approximate surface area is 93.9 Å². The van der Waals surface area contributed by atoms with Crippen LogP contribution in [0.25, 0.3) is 0 Å². The monoisotopic (exact) mass is 230 g/mol. The van der Waals surface area contributed by atoms with Gasteiger partial charge in [-0.1, -0.05) is 18.5 Å². The zero-order valence-electron chi connectivity index (χ0n) is 9.07. The summed E-state index contributed by atoms with van der Waals surface area (Å²) in [7, 11) is 0. The third-order valence-electron chi connectivity index (χ3n) is 2.24. The SMILES string of the molecule is CC(Cc1cnn(C(C)C)c1Cl)C(=O)O. The molecule has 1 heterocycles. The number of hydrogen-bond acceptors (Lipinski definition) is 2. The molecule has 1 N–H and O–H groups in total. The Morgan fingerprint density at radius 1 is 1.60 bits per heavy atom. The summed E-state index contributed by atoms with van der Waals surface area (Å²) in [6.07, 6.45) is 2.06. The van der Waals surface area contributed by atoms with Gasteiger partial charge in [-0.3, -0.25) is 9.48 Å². The molecule has 0 saturated heterocycles. The Kier molecular flexibility index (Phi) is 3.74. The molecule has 4 nitrogen and oxygen atoms in total. The Morgan fingerprint density at radius 3 is 2.60 bits per heavy atom. The Hall–Kier alpha value is -1.03. The molecule has 0 spiro atoms. The topological polar surface area (TPSA) is 55.1 Å². The first-order valence-electron chi connectivity index (χ1n) is 4.88. The van der Waals surface area contributed by atoms with Crippen molar-refractivity contribution in [2.75, 3.05) is 0 Å². The van der Waals surface area contributed by atoms with Crippen molar-refractivity contribution >= 4 is 17.6 Å². The second-order valence-electron chi connectivity index (χ2n) is 3.94. The van der Waals surface area contributed by atoms with Crippen LogP contribution < -0.4 is 0 Å². The minimum Gasteiger partial charge on any atom is -0.481 e. The third kappa shape index (κ3) is 2.72. The highest BCUT2D eigenvalue weighted by Crippen LogP contribution is 2.22. The molecule has 0 aliphatic rings. The van der Waals surface area contributed by atoms with Gasteiger partial charge < -0.3 is 5.11 Å². The fraction of sp³-hybridized carbons (Fsp3) is 0.600. The summed E-state index contributed by atoms with van der Waals surface area (Å²) in [6.45, 7) is 5.61. The summed E-state index contributed by atoms with van der Waals surface area (Å²) >= 11 is 6.08. The highest BCUT2D eigenvalue weighted by atomic mass is 35.5. The molecule has 0 fully saturated rings. The van der Waals surface area contributed by atoms with Gasteiger partial charge in [-0.15, -0.1) is 0 Å². The first kappa shape index (κ1) is 12.0. The number of aliphatic carboxylic acids is 1. The van der Waals surface area contributed by atoms with Gasteiger partial charge in [0.1, 0.15) is 5.15 Å². The van der Waals surface area contributed by atoms with E-state index in [-0.39, 0.29) is 6.04 Å². The van der Waals surface area contributed by atoms with Crippen LogP contribution >= 0.6 is 11.6 Å². The molecule has 84 valence electrons. The maximum Gasteiger partial charge on any atom is 0.306 e. The van der Waals surface area contributed by atoms with Crippen molar-refractivity contribution in [1.82, 2.24) is 9.78 Å². The maximum atomic E-state index is 10.7. The lowest BCUT2D eigenvalue weighted by Crippen LogP contribution is -2.12. The normalized spacial score (nSPS) is 13.1. The number of rotatable bonds is 4. The van der Waals surface area contributed by atoms with Crippen molar-refractivity contribution in [3.05, 3.63) is 16.9 Å². The Balaban J connectivity index is 2.83. The number of carboxylic acid groups (broad SMARTS) is 1. The molecule has 1 atom stereocenters. The van der Waals surface area contributed by atoms with E-state index in [1.54, 1.807) is 17.8 Å². The molecule has 0 radical (unpaired) electrons. The van der Waals surface area contributed by atoms with Crippen molar-refractivity contribution in [2.24, 2.45) is 5.92 Å². The molecule has 1 aromatic rings. The molecule has 0 aliphatic heterocycles. The van der Waals surface area contributed by atoms with Crippen LogP contribution in [0, 0.1) is 5.92 Å². The van der Waals surface area contributed by atoms with E-state index in [0.717, 1.165) is 5.56 Å². The van der Waals surface area contributed by atoms with E-state index in [9.17, 15) is 4.79 Å². The molecular formula is C10H15ClN2O2. The van der Waals surface area contributed by atoms with Gasteiger partial charge in [-0.2, -0.15) is 5.10 Å². The van der Waals surface area contributed by atoms with E-state index in [0.29, 0.717) is 11.6 Å². The number of halogens is 1. The lowest BCUT2D eigenvalue weighted by Gasteiger charge is -2.08. The molecule has 0 amide bonds. The first-order chi connectivity index (χ1) is 6.93. The van der Waals surface area contributed by atoms with Crippen molar-refractivity contribution < 1.29 is 9.90 Å². The molecule has 1 unspecified atom stereocenters. The Bertz CT molecular complexity index is 360. The van der Waals surface area contributed by atoms with Crippen LogP contribution in [0.4, 0.5) is 0 Å². The summed E-state index contributed by atoms with van der Waals surface area (Å²) in [5.41, 5.74) is 0.792. The average molecular weight is 231 g/mol. The lowest BCUT2D eigenvalue weighted by molar-refractivity contribution is -0.141. The van der Waals surface area contributed by atoms with Gasteiger partial charge in [0.2, 0.25) is 0 Å². The molecule has 5 heteroatoms. The van der Waals surface area contributed by atoms with Crippen LogP contribution in [0.1, 0.15) is 32.4 Å². The predicted octanol–water partition coefficient (Wildman–Crippen LogP) is 2.38. The lowest BCUT2D eigenvalue weighted by atomic mass is 10.0. The highest BCUT2D eigenvalue weighted by molar-refractivity contribution is 6.30. The van der Waals surface area contributed by atoms with Gasteiger partial charge in [0.25, 0.3) is 0 Å². The van der Waals surface area contributed by atoms with Gasteiger partial charge in [-0.05, 0) is 20.3 Å². The van der Waals surface area contributed by atoms with E-state index in [4.69, 9.17) is 16.7 Å². The number of carboxylic acids is 1. The van der Waals surface area contributed by atoms with Crippen molar-refractivity contribution in [3.8, 4) is 0 Å². The quantitative estimate of drug-likeness (QED) is 0.864. The maximum absolute atomic E-state index is 10.7. The fourth-order valence-electron chi connectivity index (χ4n) is 1.30. The predicted molar refractivity (Wildman–Crippen MR) is 58.1 cm³/mol. The highest BCUT2D eigenvalue weighted by Gasteiger charge is 2.17. The number of aromatic nitrogens is 2. The van der Waals surface area contributed by atoms with Gasteiger partial charge in [0.05, 0.1) is 12.1 Å². The second kappa shape index (κ2) is 4.66. The molecular weight excluding hydrogens is 216 g/mol. The molecule has 0 aliphatic carbocycles. The fourth-order valence-corrected chi connectivity index (χ4v) is 1.66. The average Bonchev–Trinajstić information content (AvgIpc) is 2.48. The molecule has 1 aromatic heterocycles. The van der Waals surface area contributed by atoms with E-state index < -0.39 is 11.9 Å². The summed E-state index contributed by atoms with van der Waals surface area (Å²) in [6, 6.07) is 0.186. The summed E-state index contributed by atoms with van der Waals surface area (Å²) in [5.74, 6) is -1.25. The van der Waals surface area contributed by atoms with Crippen molar-refractivity contribution in [1.29, 1.82) is 0 Å². The van der Waals surface area contributed by atoms with Crippen LogP contribution in [0.5, 0.6) is 0 Å². The number of nitrogens with zero attached hydrogens (tertiary/aromatic N) is 2. The minimum absolute atomic E-state index is 0.186. The van der Waals surface area contributed by atoms with Gasteiger partial charge >= 0.3 is 5.97 Å².